The SMILES string of the molecule is CC(C)N(Cc1c(-c2ccccc2)noc1N1CCCC1)C(=O)CC(C)(C)C. The lowest BCUT2D eigenvalue weighted by Gasteiger charge is -2.30. The highest BCUT2D eigenvalue weighted by Crippen LogP contribution is 2.35. The van der Waals surface area contributed by atoms with E-state index in [4.69, 9.17) is 4.52 Å². The van der Waals surface area contributed by atoms with Crippen LogP contribution in [0.15, 0.2) is 34.9 Å². The molecule has 0 spiro atoms. The van der Waals surface area contributed by atoms with Crippen LogP contribution in [0.4, 0.5) is 5.88 Å². The van der Waals surface area contributed by atoms with Gasteiger partial charge >= 0.3 is 0 Å². The lowest BCUT2D eigenvalue weighted by Crippen LogP contribution is -2.38. The molecule has 2 aromatic rings. The third-order valence-electron chi connectivity index (χ3n) is 5.16. The van der Waals surface area contributed by atoms with Crippen LogP contribution in [-0.4, -0.2) is 35.1 Å². The average molecular weight is 384 g/mol. The van der Waals surface area contributed by atoms with Gasteiger partial charge in [-0.15, -0.1) is 0 Å². The molecule has 1 aliphatic rings. The van der Waals surface area contributed by atoms with E-state index in [-0.39, 0.29) is 17.4 Å². The highest BCUT2D eigenvalue weighted by atomic mass is 16.5. The molecule has 0 bridgehead atoms. The second-order valence-corrected chi connectivity index (χ2v) is 9.23. The highest BCUT2D eigenvalue weighted by Gasteiger charge is 2.29. The summed E-state index contributed by atoms with van der Waals surface area (Å²) >= 11 is 0. The number of benzene rings is 1. The maximum Gasteiger partial charge on any atom is 0.232 e. The van der Waals surface area contributed by atoms with Crippen molar-refractivity contribution in [2.24, 2.45) is 5.41 Å². The Bertz CT molecular complexity index is 784. The zero-order valence-corrected chi connectivity index (χ0v) is 17.9. The summed E-state index contributed by atoms with van der Waals surface area (Å²) in [6.45, 7) is 12.9. The van der Waals surface area contributed by atoms with Gasteiger partial charge in [-0.05, 0) is 32.1 Å². The van der Waals surface area contributed by atoms with E-state index in [9.17, 15) is 4.79 Å². The Morgan fingerprint density at radius 3 is 2.39 bits per heavy atom. The Morgan fingerprint density at radius 1 is 1.18 bits per heavy atom. The third-order valence-corrected chi connectivity index (χ3v) is 5.16. The number of amides is 1. The number of hydrogen-bond donors (Lipinski definition) is 0. The molecule has 152 valence electrons. The minimum atomic E-state index is -0.0427. The first-order valence-electron chi connectivity index (χ1n) is 10.3. The van der Waals surface area contributed by atoms with Crippen LogP contribution in [0, 0.1) is 5.41 Å². The molecule has 0 radical (unpaired) electrons. The predicted octanol–water partition coefficient (Wildman–Crippen LogP) is 5.12. The molecule has 1 aliphatic heterocycles. The summed E-state index contributed by atoms with van der Waals surface area (Å²) in [5, 5.41) is 4.42. The highest BCUT2D eigenvalue weighted by molar-refractivity contribution is 5.78. The van der Waals surface area contributed by atoms with Crippen LogP contribution >= 0.6 is 0 Å². The smallest absolute Gasteiger partial charge is 0.232 e. The minimum absolute atomic E-state index is 0.0427. The molecular weight excluding hydrogens is 350 g/mol. The Labute approximate surface area is 168 Å². The van der Waals surface area contributed by atoms with Gasteiger partial charge in [-0.1, -0.05) is 56.3 Å². The molecule has 1 saturated heterocycles. The fraction of sp³-hybridized carbons (Fsp3) is 0.565. The molecule has 28 heavy (non-hydrogen) atoms. The van der Waals surface area contributed by atoms with E-state index in [0.717, 1.165) is 48.6 Å². The maximum atomic E-state index is 13.1. The number of nitrogens with zero attached hydrogens (tertiary/aromatic N) is 3. The summed E-state index contributed by atoms with van der Waals surface area (Å²) < 4.78 is 5.83. The summed E-state index contributed by atoms with van der Waals surface area (Å²) in [6.07, 6.45) is 2.85. The van der Waals surface area contributed by atoms with Crippen molar-refractivity contribution in [3.8, 4) is 11.3 Å². The fourth-order valence-corrected chi connectivity index (χ4v) is 3.72. The second-order valence-electron chi connectivity index (χ2n) is 9.23. The quantitative estimate of drug-likeness (QED) is 0.695. The molecule has 1 aromatic heterocycles. The van der Waals surface area contributed by atoms with Crippen LogP contribution in [0.25, 0.3) is 11.3 Å². The van der Waals surface area contributed by atoms with E-state index >= 15 is 0 Å². The summed E-state index contributed by atoms with van der Waals surface area (Å²) in [4.78, 5) is 17.3. The molecule has 5 heteroatoms. The number of rotatable bonds is 6. The Hall–Kier alpha value is -2.30. The molecule has 0 saturated carbocycles. The molecule has 0 atom stereocenters. The van der Waals surface area contributed by atoms with Gasteiger partial charge in [-0.2, -0.15) is 0 Å². The zero-order chi connectivity index (χ0) is 20.3. The van der Waals surface area contributed by atoms with Crippen LogP contribution in [0.2, 0.25) is 0 Å². The molecule has 0 unspecified atom stereocenters. The van der Waals surface area contributed by atoms with E-state index < -0.39 is 0 Å². The van der Waals surface area contributed by atoms with E-state index in [2.05, 4.69) is 44.7 Å². The monoisotopic (exact) mass is 383 g/mol. The van der Waals surface area contributed by atoms with Gasteiger partial charge in [0.05, 0.1) is 12.1 Å². The van der Waals surface area contributed by atoms with Gasteiger partial charge in [0.1, 0.15) is 5.69 Å². The van der Waals surface area contributed by atoms with E-state index in [0.29, 0.717) is 13.0 Å². The van der Waals surface area contributed by atoms with Crippen molar-refractivity contribution >= 4 is 11.8 Å². The second kappa shape index (κ2) is 8.38. The van der Waals surface area contributed by atoms with Crippen molar-refractivity contribution in [3.63, 3.8) is 0 Å². The van der Waals surface area contributed by atoms with E-state index in [1.54, 1.807) is 0 Å². The largest absolute Gasteiger partial charge is 0.340 e. The van der Waals surface area contributed by atoms with E-state index in [1.807, 2.05) is 35.2 Å². The molecule has 0 N–H and O–H groups in total. The summed E-state index contributed by atoms with van der Waals surface area (Å²) in [5.41, 5.74) is 2.85. The normalized spacial score (nSPS) is 14.7. The molecule has 2 heterocycles. The van der Waals surface area contributed by atoms with Crippen LogP contribution < -0.4 is 4.90 Å². The summed E-state index contributed by atoms with van der Waals surface area (Å²) in [6, 6.07) is 10.2. The predicted molar refractivity (Wildman–Crippen MR) is 113 cm³/mol. The van der Waals surface area contributed by atoms with Gasteiger partial charge in [0.25, 0.3) is 0 Å². The topological polar surface area (TPSA) is 49.6 Å². The molecule has 3 rings (SSSR count). The molecular formula is C23H33N3O2. The fourth-order valence-electron chi connectivity index (χ4n) is 3.72. The molecule has 1 aromatic carbocycles. The van der Waals surface area contributed by atoms with Gasteiger partial charge in [0.2, 0.25) is 11.8 Å². The van der Waals surface area contributed by atoms with Crippen LogP contribution in [0.1, 0.15) is 59.4 Å². The summed E-state index contributed by atoms with van der Waals surface area (Å²) in [7, 11) is 0. The van der Waals surface area contributed by atoms with Crippen molar-refractivity contribution in [2.45, 2.75) is 66.5 Å². The van der Waals surface area contributed by atoms with E-state index in [1.165, 1.54) is 0 Å². The Morgan fingerprint density at radius 2 is 1.82 bits per heavy atom. The molecule has 1 amide bonds. The first-order valence-corrected chi connectivity index (χ1v) is 10.3. The molecule has 0 aliphatic carbocycles. The van der Waals surface area contributed by atoms with Gasteiger partial charge in [0, 0.05) is 31.1 Å². The summed E-state index contributed by atoms with van der Waals surface area (Å²) in [5.74, 6) is 1.00. The number of carbonyl (C=O) groups excluding carboxylic acids is 1. The number of anilines is 1. The van der Waals surface area contributed by atoms with Crippen LogP contribution in [-0.2, 0) is 11.3 Å². The van der Waals surface area contributed by atoms with Crippen molar-refractivity contribution in [3.05, 3.63) is 35.9 Å². The first kappa shape index (κ1) is 20.4. The zero-order valence-electron chi connectivity index (χ0n) is 17.9. The number of aromatic nitrogens is 1. The van der Waals surface area contributed by atoms with Gasteiger partial charge in [0.15, 0.2) is 0 Å². The van der Waals surface area contributed by atoms with Crippen molar-refractivity contribution in [2.75, 3.05) is 18.0 Å². The Kier molecular flexibility index (Phi) is 6.11. The van der Waals surface area contributed by atoms with Crippen molar-refractivity contribution in [1.82, 2.24) is 10.1 Å². The minimum Gasteiger partial charge on any atom is -0.340 e. The Balaban J connectivity index is 1.97. The average Bonchev–Trinajstić information content (AvgIpc) is 3.27. The van der Waals surface area contributed by atoms with Crippen molar-refractivity contribution < 1.29 is 9.32 Å². The van der Waals surface area contributed by atoms with Gasteiger partial charge in [-0.3, -0.25) is 4.79 Å². The first-order chi connectivity index (χ1) is 13.3. The lowest BCUT2D eigenvalue weighted by atomic mass is 9.91. The molecule has 1 fully saturated rings. The third kappa shape index (κ3) is 4.75. The van der Waals surface area contributed by atoms with Crippen molar-refractivity contribution in [1.29, 1.82) is 0 Å². The van der Waals surface area contributed by atoms with Gasteiger partial charge < -0.3 is 14.3 Å². The van der Waals surface area contributed by atoms with Gasteiger partial charge in [-0.25, -0.2) is 0 Å². The maximum absolute atomic E-state index is 13.1. The molecule has 5 nitrogen and oxygen atoms in total. The lowest BCUT2D eigenvalue weighted by molar-refractivity contribution is -0.135. The number of hydrogen-bond acceptors (Lipinski definition) is 4. The number of carbonyl (C=O) groups is 1. The standard InChI is InChI=1S/C23H33N3O2/c1-17(2)26(20(27)15-23(3,4)5)16-19-21(18-11-7-6-8-12-18)24-28-22(19)25-13-9-10-14-25/h6-8,11-12,17H,9-10,13-16H2,1-5H3. The van der Waals surface area contributed by atoms with Crippen LogP contribution in [0.5, 0.6) is 0 Å². The van der Waals surface area contributed by atoms with Crippen LogP contribution in [0.3, 0.4) is 0 Å².